The molecular weight excluding hydrogens is 316 g/mol. The Balaban J connectivity index is 1.46. The van der Waals surface area contributed by atoms with Crippen molar-refractivity contribution in [3.05, 3.63) is 48.0 Å². The molecule has 0 saturated heterocycles. The molecule has 0 aromatic heterocycles. The first kappa shape index (κ1) is 17.4. The molecule has 3 rings (SSSR count). The third-order valence-corrected chi connectivity index (χ3v) is 4.80. The Hall–Kier alpha value is -2.40. The Morgan fingerprint density at radius 2 is 1.76 bits per heavy atom. The Bertz CT molecular complexity index is 753. The van der Waals surface area contributed by atoms with Crippen molar-refractivity contribution in [1.29, 1.82) is 0 Å². The molecule has 0 heterocycles. The summed E-state index contributed by atoms with van der Waals surface area (Å²) < 4.78 is 0. The molecule has 0 spiro atoms. The molecule has 1 saturated carbocycles. The Morgan fingerprint density at radius 3 is 2.52 bits per heavy atom. The molecule has 2 amide bonds. The van der Waals surface area contributed by atoms with E-state index >= 15 is 0 Å². The van der Waals surface area contributed by atoms with Gasteiger partial charge >= 0.3 is 0 Å². The van der Waals surface area contributed by atoms with Crippen molar-refractivity contribution >= 4 is 22.6 Å². The molecule has 5 nitrogen and oxygen atoms in total. The standard InChI is InChI=1S/C20H24N2O3/c23-18(17-10-9-14-5-1-4-8-16(14)11-17)12-21-19(24)13-22-20(25)15-6-2-3-7-15/h1,4-5,8-11,15,18,23H,2-3,6-7,12-13H2,(H,21,24)(H,22,25)/t18-/m0/s1. The molecule has 25 heavy (non-hydrogen) atoms. The summed E-state index contributed by atoms with van der Waals surface area (Å²) in [7, 11) is 0. The van der Waals surface area contributed by atoms with Crippen LogP contribution in [-0.2, 0) is 9.59 Å². The number of fused-ring (bicyclic) bond motifs is 1. The molecule has 1 atom stereocenters. The largest absolute Gasteiger partial charge is 0.387 e. The van der Waals surface area contributed by atoms with Crippen molar-refractivity contribution in [2.45, 2.75) is 31.8 Å². The molecule has 5 heteroatoms. The molecular formula is C20H24N2O3. The lowest BCUT2D eigenvalue weighted by Gasteiger charge is -2.14. The topological polar surface area (TPSA) is 78.4 Å². The van der Waals surface area contributed by atoms with E-state index in [-0.39, 0.29) is 30.8 Å². The van der Waals surface area contributed by atoms with E-state index in [1.165, 1.54) is 0 Å². The van der Waals surface area contributed by atoms with E-state index in [0.29, 0.717) is 0 Å². The highest BCUT2D eigenvalue weighted by molar-refractivity contribution is 5.86. The third-order valence-electron chi connectivity index (χ3n) is 4.80. The normalized spacial score (nSPS) is 15.9. The quantitative estimate of drug-likeness (QED) is 0.755. The number of aliphatic hydroxyl groups excluding tert-OH is 1. The van der Waals surface area contributed by atoms with Crippen LogP contribution in [0.1, 0.15) is 37.4 Å². The summed E-state index contributed by atoms with van der Waals surface area (Å²) in [5, 5.41) is 17.8. The average molecular weight is 340 g/mol. The van der Waals surface area contributed by atoms with Crippen molar-refractivity contribution in [1.82, 2.24) is 10.6 Å². The van der Waals surface area contributed by atoms with Gasteiger partial charge in [0.2, 0.25) is 11.8 Å². The second kappa shape index (κ2) is 8.12. The van der Waals surface area contributed by atoms with Crippen LogP contribution in [0.5, 0.6) is 0 Å². The average Bonchev–Trinajstić information content (AvgIpc) is 3.18. The van der Waals surface area contributed by atoms with Gasteiger partial charge in [0.1, 0.15) is 0 Å². The minimum Gasteiger partial charge on any atom is -0.387 e. The first-order chi connectivity index (χ1) is 12.1. The summed E-state index contributed by atoms with van der Waals surface area (Å²) in [6, 6.07) is 13.7. The highest BCUT2D eigenvalue weighted by Crippen LogP contribution is 2.24. The summed E-state index contributed by atoms with van der Waals surface area (Å²) in [5.41, 5.74) is 0.758. The second-order valence-corrected chi connectivity index (χ2v) is 6.63. The molecule has 0 radical (unpaired) electrons. The molecule has 3 N–H and O–H groups in total. The van der Waals surface area contributed by atoms with Crippen LogP contribution in [0.25, 0.3) is 10.8 Å². The van der Waals surface area contributed by atoms with Crippen LogP contribution in [0.15, 0.2) is 42.5 Å². The van der Waals surface area contributed by atoms with E-state index in [2.05, 4.69) is 10.6 Å². The van der Waals surface area contributed by atoms with E-state index in [4.69, 9.17) is 0 Å². The van der Waals surface area contributed by atoms with Crippen molar-refractivity contribution in [3.8, 4) is 0 Å². The van der Waals surface area contributed by atoms with Gasteiger partial charge in [-0.1, -0.05) is 49.2 Å². The van der Waals surface area contributed by atoms with E-state index in [0.717, 1.165) is 42.0 Å². The van der Waals surface area contributed by atoms with Crippen LogP contribution in [0.3, 0.4) is 0 Å². The highest BCUT2D eigenvalue weighted by atomic mass is 16.3. The van der Waals surface area contributed by atoms with E-state index in [1.807, 2.05) is 42.5 Å². The van der Waals surface area contributed by atoms with Gasteiger partial charge in [-0.25, -0.2) is 0 Å². The molecule has 2 aromatic carbocycles. The molecule has 1 fully saturated rings. The SMILES string of the molecule is O=C(CNC(=O)C1CCCC1)NC[C@H](O)c1ccc2ccccc2c1. The van der Waals surface area contributed by atoms with Crippen molar-refractivity contribution < 1.29 is 14.7 Å². The van der Waals surface area contributed by atoms with Crippen molar-refractivity contribution in [2.75, 3.05) is 13.1 Å². The lowest BCUT2D eigenvalue weighted by Crippen LogP contribution is -2.40. The number of carbonyl (C=O) groups is 2. The van der Waals surface area contributed by atoms with Gasteiger partial charge in [-0.3, -0.25) is 9.59 Å². The van der Waals surface area contributed by atoms with Gasteiger partial charge in [-0.05, 0) is 35.2 Å². The fraction of sp³-hybridized carbons (Fsp3) is 0.400. The summed E-state index contributed by atoms with van der Waals surface area (Å²) >= 11 is 0. The second-order valence-electron chi connectivity index (χ2n) is 6.63. The molecule has 132 valence electrons. The highest BCUT2D eigenvalue weighted by Gasteiger charge is 2.22. The van der Waals surface area contributed by atoms with Crippen molar-refractivity contribution in [3.63, 3.8) is 0 Å². The van der Waals surface area contributed by atoms with Gasteiger partial charge in [0, 0.05) is 12.5 Å². The Morgan fingerprint density at radius 1 is 1.04 bits per heavy atom. The molecule has 1 aliphatic rings. The lowest BCUT2D eigenvalue weighted by atomic mass is 10.0. The predicted octanol–water partition coefficient (Wildman–Crippen LogP) is 2.30. The fourth-order valence-corrected chi connectivity index (χ4v) is 3.31. The van der Waals surface area contributed by atoms with E-state index in [1.54, 1.807) is 0 Å². The fourth-order valence-electron chi connectivity index (χ4n) is 3.31. The number of nitrogens with one attached hydrogen (secondary N) is 2. The number of hydrogen-bond donors (Lipinski definition) is 3. The van der Waals surface area contributed by atoms with Crippen LogP contribution < -0.4 is 10.6 Å². The summed E-state index contributed by atoms with van der Waals surface area (Å²) in [6.45, 7) is 0.0796. The maximum absolute atomic E-state index is 11.9. The van der Waals surface area contributed by atoms with Gasteiger partial charge in [0.05, 0.1) is 12.6 Å². The van der Waals surface area contributed by atoms with E-state index in [9.17, 15) is 14.7 Å². The van der Waals surface area contributed by atoms with E-state index < -0.39 is 6.10 Å². The van der Waals surface area contributed by atoms with Gasteiger partial charge in [0.15, 0.2) is 0 Å². The predicted molar refractivity (Wildman–Crippen MR) is 96.9 cm³/mol. The third kappa shape index (κ3) is 4.57. The number of benzene rings is 2. The first-order valence-electron chi connectivity index (χ1n) is 8.84. The smallest absolute Gasteiger partial charge is 0.239 e. The zero-order valence-electron chi connectivity index (χ0n) is 14.2. The molecule has 1 aliphatic carbocycles. The minimum absolute atomic E-state index is 0.0391. The lowest BCUT2D eigenvalue weighted by molar-refractivity contribution is -0.128. The van der Waals surface area contributed by atoms with Gasteiger partial charge < -0.3 is 15.7 Å². The van der Waals surface area contributed by atoms with Gasteiger partial charge in [-0.2, -0.15) is 0 Å². The van der Waals surface area contributed by atoms with Crippen LogP contribution in [0, 0.1) is 5.92 Å². The zero-order chi connectivity index (χ0) is 17.6. The van der Waals surface area contributed by atoms with Crippen LogP contribution in [-0.4, -0.2) is 30.0 Å². The zero-order valence-corrected chi connectivity index (χ0v) is 14.2. The Kier molecular flexibility index (Phi) is 5.66. The monoisotopic (exact) mass is 340 g/mol. The molecule has 0 bridgehead atoms. The number of carbonyl (C=O) groups excluding carboxylic acids is 2. The first-order valence-corrected chi connectivity index (χ1v) is 8.84. The maximum atomic E-state index is 11.9. The van der Waals surface area contributed by atoms with Gasteiger partial charge in [0.25, 0.3) is 0 Å². The van der Waals surface area contributed by atoms with Crippen LogP contribution >= 0.6 is 0 Å². The molecule has 0 aliphatic heterocycles. The van der Waals surface area contributed by atoms with Crippen molar-refractivity contribution in [2.24, 2.45) is 5.92 Å². The van der Waals surface area contributed by atoms with Crippen LogP contribution in [0.4, 0.5) is 0 Å². The number of hydrogen-bond acceptors (Lipinski definition) is 3. The molecule has 2 aromatic rings. The van der Waals surface area contributed by atoms with Crippen LogP contribution in [0.2, 0.25) is 0 Å². The summed E-state index contributed by atoms with van der Waals surface area (Å²) in [6.07, 6.45) is 3.21. The maximum Gasteiger partial charge on any atom is 0.239 e. The Labute approximate surface area is 147 Å². The number of aliphatic hydroxyl groups is 1. The van der Waals surface area contributed by atoms with Gasteiger partial charge in [-0.15, -0.1) is 0 Å². The summed E-state index contributed by atoms with van der Waals surface area (Å²) in [5.74, 6) is -0.273. The number of rotatable bonds is 6. The molecule has 0 unspecified atom stereocenters. The minimum atomic E-state index is -0.779. The summed E-state index contributed by atoms with van der Waals surface area (Å²) in [4.78, 5) is 23.8. The number of amides is 2.